The molecule has 1 saturated heterocycles. The number of methoxy groups -OCH3 is 1. The number of carbonyl (C=O) groups excluding carboxylic acids is 3. The molecule has 2 aliphatic rings. The lowest BCUT2D eigenvalue weighted by Gasteiger charge is -2.36. The maximum absolute atomic E-state index is 14.0. The predicted octanol–water partition coefficient (Wildman–Crippen LogP) is 3.94. The van der Waals surface area contributed by atoms with Crippen LogP contribution in [0.4, 0.5) is 4.79 Å². The van der Waals surface area contributed by atoms with Crippen molar-refractivity contribution in [1.82, 2.24) is 20.1 Å². The van der Waals surface area contributed by atoms with Gasteiger partial charge in [-0.3, -0.25) is 9.59 Å². The third-order valence-corrected chi connectivity index (χ3v) is 7.41. The molecule has 2 aliphatic heterocycles. The summed E-state index contributed by atoms with van der Waals surface area (Å²) in [5, 5.41) is 4.01. The number of nitrogens with zero attached hydrogens (tertiary/aromatic N) is 2. The van der Waals surface area contributed by atoms with Gasteiger partial charge >= 0.3 is 6.03 Å². The van der Waals surface area contributed by atoms with E-state index in [9.17, 15) is 14.4 Å². The van der Waals surface area contributed by atoms with Crippen molar-refractivity contribution in [2.45, 2.75) is 51.7 Å². The van der Waals surface area contributed by atoms with Crippen molar-refractivity contribution in [1.29, 1.82) is 0 Å². The number of urea groups is 1. The summed E-state index contributed by atoms with van der Waals surface area (Å²) in [6, 6.07) is 14.1. The zero-order valence-electron chi connectivity index (χ0n) is 21.1. The van der Waals surface area contributed by atoms with E-state index < -0.39 is 17.6 Å². The average molecular weight is 489 g/mol. The fourth-order valence-corrected chi connectivity index (χ4v) is 5.56. The Hall–Kier alpha value is -3.81. The van der Waals surface area contributed by atoms with Gasteiger partial charge in [-0.15, -0.1) is 0 Å². The quantitative estimate of drug-likeness (QED) is 0.493. The molecule has 3 aromatic rings. The van der Waals surface area contributed by atoms with Gasteiger partial charge in [-0.1, -0.05) is 44.2 Å². The molecule has 188 valence electrons. The summed E-state index contributed by atoms with van der Waals surface area (Å²) in [6.45, 7) is 6.46. The number of ether oxygens (including phenoxy) is 1. The van der Waals surface area contributed by atoms with Gasteiger partial charge in [0.15, 0.2) is 5.54 Å². The van der Waals surface area contributed by atoms with E-state index in [1.54, 1.807) is 18.9 Å². The number of nitrogens with one attached hydrogen (secondary N) is 2. The molecule has 1 fully saturated rings. The van der Waals surface area contributed by atoms with Gasteiger partial charge < -0.3 is 19.9 Å². The molecule has 36 heavy (non-hydrogen) atoms. The van der Waals surface area contributed by atoms with Crippen molar-refractivity contribution in [3.8, 4) is 5.75 Å². The molecule has 5 rings (SSSR count). The first kappa shape index (κ1) is 23.9. The van der Waals surface area contributed by atoms with Gasteiger partial charge in [-0.2, -0.15) is 0 Å². The minimum absolute atomic E-state index is 0.104. The monoisotopic (exact) mass is 488 g/mol. The minimum atomic E-state index is -1.17. The number of aromatic amines is 1. The van der Waals surface area contributed by atoms with Crippen molar-refractivity contribution >= 4 is 28.7 Å². The summed E-state index contributed by atoms with van der Waals surface area (Å²) in [4.78, 5) is 47.4. The van der Waals surface area contributed by atoms with Crippen LogP contribution in [0.2, 0.25) is 0 Å². The first-order valence-electron chi connectivity index (χ1n) is 12.4. The number of hydrogen-bond donors (Lipinski definition) is 2. The highest BCUT2D eigenvalue weighted by Crippen LogP contribution is 2.45. The molecule has 2 unspecified atom stereocenters. The fourth-order valence-electron chi connectivity index (χ4n) is 5.56. The number of carbonyl (C=O) groups is 3. The van der Waals surface area contributed by atoms with E-state index in [0.29, 0.717) is 25.1 Å². The van der Waals surface area contributed by atoms with Crippen molar-refractivity contribution in [3.63, 3.8) is 0 Å². The lowest BCUT2D eigenvalue weighted by atomic mass is 9.87. The van der Waals surface area contributed by atoms with Crippen molar-refractivity contribution in [2.75, 3.05) is 13.7 Å². The van der Waals surface area contributed by atoms with E-state index in [1.165, 1.54) is 4.90 Å². The Morgan fingerprint density at radius 1 is 1.17 bits per heavy atom. The lowest BCUT2D eigenvalue weighted by molar-refractivity contribution is -0.140. The van der Waals surface area contributed by atoms with Gasteiger partial charge in [0.05, 0.1) is 12.8 Å². The Bertz CT molecular complexity index is 1350. The van der Waals surface area contributed by atoms with Crippen LogP contribution < -0.4 is 10.1 Å². The molecule has 2 aromatic carbocycles. The number of benzene rings is 2. The summed E-state index contributed by atoms with van der Waals surface area (Å²) >= 11 is 0. The van der Waals surface area contributed by atoms with Gasteiger partial charge in [-0.05, 0) is 55.0 Å². The number of aromatic nitrogens is 1. The second-order valence-electron chi connectivity index (χ2n) is 10.2. The number of amides is 4. The van der Waals surface area contributed by atoms with Gasteiger partial charge in [-0.25, -0.2) is 9.69 Å². The molecular formula is C28H32N4O4. The predicted molar refractivity (Wildman–Crippen MR) is 136 cm³/mol. The zero-order chi connectivity index (χ0) is 25.6. The Kier molecular flexibility index (Phi) is 5.98. The standard InChI is InChI=1S/C28H32N4O4/c1-17(2)14-23(25(33)29-16-18-8-7-9-19(15-18)36-4)32-26(34)28(3)24-21(12-13-31(28)27(32)35)20-10-5-6-11-22(20)30-24/h5-11,15,17,23,30H,12-14,16H2,1-4H3,(H,29,33). The second-order valence-corrected chi connectivity index (χ2v) is 10.2. The molecule has 0 aliphatic carbocycles. The van der Waals surface area contributed by atoms with Crippen LogP contribution in [0, 0.1) is 5.92 Å². The molecule has 3 heterocycles. The first-order valence-corrected chi connectivity index (χ1v) is 12.4. The van der Waals surface area contributed by atoms with Gasteiger partial charge in [0.2, 0.25) is 5.91 Å². The molecule has 0 saturated carbocycles. The number of para-hydroxylation sites is 1. The fraction of sp³-hybridized carbons (Fsp3) is 0.393. The van der Waals surface area contributed by atoms with Crippen LogP contribution in [-0.4, -0.2) is 52.3 Å². The van der Waals surface area contributed by atoms with E-state index in [4.69, 9.17) is 4.74 Å². The highest BCUT2D eigenvalue weighted by atomic mass is 16.5. The van der Waals surface area contributed by atoms with Crippen LogP contribution in [-0.2, 0) is 28.1 Å². The van der Waals surface area contributed by atoms with E-state index in [1.807, 2.05) is 62.4 Å². The SMILES string of the molecule is COc1cccc(CNC(=O)C(CC(C)C)N2C(=O)N3CCc4c([nH]c5ccccc45)C3(C)C2=O)c1. The van der Waals surface area contributed by atoms with E-state index in [2.05, 4.69) is 10.3 Å². The molecule has 0 bridgehead atoms. The molecule has 8 nitrogen and oxygen atoms in total. The van der Waals surface area contributed by atoms with Crippen molar-refractivity contribution in [2.24, 2.45) is 5.92 Å². The third kappa shape index (κ3) is 3.72. The zero-order valence-corrected chi connectivity index (χ0v) is 21.1. The Balaban J connectivity index is 1.46. The summed E-state index contributed by atoms with van der Waals surface area (Å²) in [7, 11) is 1.59. The molecular weight excluding hydrogens is 456 g/mol. The molecule has 4 amide bonds. The van der Waals surface area contributed by atoms with E-state index in [-0.39, 0.29) is 24.3 Å². The largest absolute Gasteiger partial charge is 0.497 e. The van der Waals surface area contributed by atoms with Gasteiger partial charge in [0.25, 0.3) is 5.91 Å². The summed E-state index contributed by atoms with van der Waals surface area (Å²) in [5.74, 6) is 0.104. The summed E-state index contributed by atoms with van der Waals surface area (Å²) in [6.07, 6.45) is 1.03. The highest BCUT2D eigenvalue weighted by molar-refractivity contribution is 6.11. The molecule has 8 heteroatoms. The third-order valence-electron chi connectivity index (χ3n) is 7.41. The van der Waals surface area contributed by atoms with E-state index in [0.717, 1.165) is 27.7 Å². The highest BCUT2D eigenvalue weighted by Gasteiger charge is 2.60. The maximum Gasteiger partial charge on any atom is 0.328 e. The summed E-state index contributed by atoms with van der Waals surface area (Å²) in [5.41, 5.74) is 2.45. The number of fused-ring (bicyclic) bond motifs is 5. The second kappa shape index (κ2) is 9.00. The molecule has 1 aromatic heterocycles. The van der Waals surface area contributed by atoms with Crippen molar-refractivity contribution < 1.29 is 19.1 Å². The van der Waals surface area contributed by atoms with Crippen LogP contribution in [0.15, 0.2) is 48.5 Å². The van der Waals surface area contributed by atoms with Crippen LogP contribution in [0.3, 0.4) is 0 Å². The van der Waals surface area contributed by atoms with E-state index >= 15 is 0 Å². The smallest absolute Gasteiger partial charge is 0.328 e. The summed E-state index contributed by atoms with van der Waals surface area (Å²) < 4.78 is 5.27. The Morgan fingerprint density at radius 3 is 2.69 bits per heavy atom. The van der Waals surface area contributed by atoms with Crippen LogP contribution in [0.1, 0.15) is 44.0 Å². The van der Waals surface area contributed by atoms with Crippen molar-refractivity contribution in [3.05, 3.63) is 65.4 Å². The lowest BCUT2D eigenvalue weighted by Crippen LogP contribution is -2.51. The van der Waals surface area contributed by atoms with Gasteiger partial charge in [0, 0.05) is 24.0 Å². The maximum atomic E-state index is 14.0. The first-order chi connectivity index (χ1) is 17.3. The number of imide groups is 1. The van der Waals surface area contributed by atoms with Crippen LogP contribution >= 0.6 is 0 Å². The topological polar surface area (TPSA) is 94.7 Å². The van der Waals surface area contributed by atoms with Crippen LogP contribution in [0.25, 0.3) is 10.9 Å². The number of hydrogen-bond acceptors (Lipinski definition) is 4. The Labute approximate surface area is 210 Å². The molecule has 2 N–H and O–H groups in total. The number of H-pyrrole nitrogens is 1. The molecule has 0 radical (unpaired) electrons. The van der Waals surface area contributed by atoms with Crippen LogP contribution in [0.5, 0.6) is 5.75 Å². The normalized spacial score (nSPS) is 20.0. The minimum Gasteiger partial charge on any atom is -0.497 e. The molecule has 2 atom stereocenters. The molecule has 0 spiro atoms. The Morgan fingerprint density at radius 2 is 1.94 bits per heavy atom. The number of rotatable bonds is 7. The average Bonchev–Trinajstić information content (AvgIpc) is 3.35. The van der Waals surface area contributed by atoms with Gasteiger partial charge in [0.1, 0.15) is 11.8 Å².